The predicted molar refractivity (Wildman–Crippen MR) is 114 cm³/mol. The van der Waals surface area contributed by atoms with Gasteiger partial charge in [-0.1, -0.05) is 24.3 Å². The second kappa shape index (κ2) is 8.94. The van der Waals surface area contributed by atoms with E-state index in [-0.39, 0.29) is 23.8 Å². The summed E-state index contributed by atoms with van der Waals surface area (Å²) in [5.74, 6) is -1.08. The van der Waals surface area contributed by atoms with E-state index in [1.54, 1.807) is 6.26 Å². The Kier molecular flexibility index (Phi) is 6.29. The minimum Gasteiger partial charge on any atom is -0.342 e. The molecule has 2 fully saturated rings. The molecule has 1 saturated heterocycles. The summed E-state index contributed by atoms with van der Waals surface area (Å²) in [5.41, 5.74) is 2.25. The zero-order valence-corrected chi connectivity index (χ0v) is 17.8. The maximum atomic E-state index is 13.7. The Morgan fingerprint density at radius 1 is 1.10 bits per heavy atom. The maximum Gasteiger partial charge on any atom is 0.226 e. The van der Waals surface area contributed by atoms with E-state index in [0.29, 0.717) is 18.7 Å². The van der Waals surface area contributed by atoms with Gasteiger partial charge in [-0.25, -0.2) is 17.7 Å². The zero-order valence-electron chi connectivity index (χ0n) is 16.9. The summed E-state index contributed by atoms with van der Waals surface area (Å²) in [6.45, 7) is 1.38. The molecule has 1 saturated carbocycles. The predicted octanol–water partition coefficient (Wildman–Crippen LogP) is 4.00. The highest BCUT2D eigenvalue weighted by Gasteiger charge is 2.46. The largest absolute Gasteiger partial charge is 0.342 e. The van der Waals surface area contributed by atoms with Gasteiger partial charge in [0.25, 0.3) is 0 Å². The van der Waals surface area contributed by atoms with E-state index >= 15 is 0 Å². The molecule has 30 heavy (non-hydrogen) atoms. The molecule has 1 N–H and O–H groups in total. The lowest BCUT2D eigenvalue weighted by molar-refractivity contribution is -0.132. The fourth-order valence-electron chi connectivity index (χ4n) is 4.51. The van der Waals surface area contributed by atoms with Gasteiger partial charge in [0.15, 0.2) is 0 Å². The van der Waals surface area contributed by atoms with Crippen LogP contribution in [-0.2, 0) is 15.8 Å². The normalized spacial score (nSPS) is 24.9. The second-order valence-corrected chi connectivity index (χ2v) is 9.36. The van der Waals surface area contributed by atoms with Crippen LogP contribution >= 0.6 is 0 Å². The highest BCUT2D eigenvalue weighted by molar-refractivity contribution is 7.82. The first-order valence-corrected chi connectivity index (χ1v) is 11.9. The summed E-state index contributed by atoms with van der Waals surface area (Å²) in [6.07, 6.45) is 4.97. The summed E-state index contributed by atoms with van der Waals surface area (Å²) in [6, 6.07) is 11.3. The number of rotatable bonds is 5. The van der Waals surface area contributed by atoms with E-state index in [2.05, 4.69) is 4.72 Å². The van der Waals surface area contributed by atoms with Gasteiger partial charge in [0, 0.05) is 37.4 Å². The van der Waals surface area contributed by atoms with Gasteiger partial charge in [-0.2, -0.15) is 0 Å². The molecule has 1 amide bonds. The number of nitrogens with one attached hydrogen (secondary N) is 1. The second-order valence-electron chi connectivity index (χ2n) is 8.22. The quantitative estimate of drug-likeness (QED) is 0.777. The standard InChI is InChI=1S/C23H26F2N2O2S/c1-30(29)26-18-5-4-9-27(10-8-18)23(28)22-14-21(22)20-7-3-2-6-19(20)15-11-16(24)13-17(25)12-15/h2-3,6-7,11-13,18,21-22,26H,4-5,8-10,14H2,1H3. The van der Waals surface area contributed by atoms with Gasteiger partial charge >= 0.3 is 0 Å². The van der Waals surface area contributed by atoms with E-state index in [1.165, 1.54) is 12.1 Å². The molecule has 2 aliphatic rings. The number of hydrogen-bond donors (Lipinski definition) is 1. The van der Waals surface area contributed by atoms with Crippen LogP contribution in [0.2, 0.25) is 0 Å². The number of hydrogen-bond acceptors (Lipinski definition) is 2. The Morgan fingerprint density at radius 3 is 2.57 bits per heavy atom. The number of benzene rings is 2. The molecular weight excluding hydrogens is 406 g/mol. The van der Waals surface area contributed by atoms with Crippen molar-refractivity contribution in [2.75, 3.05) is 19.3 Å². The highest BCUT2D eigenvalue weighted by Crippen LogP contribution is 2.51. The molecule has 0 radical (unpaired) electrons. The summed E-state index contributed by atoms with van der Waals surface area (Å²) in [5, 5.41) is 0. The lowest BCUT2D eigenvalue weighted by Gasteiger charge is -2.21. The number of carbonyl (C=O) groups is 1. The maximum absolute atomic E-state index is 13.7. The van der Waals surface area contributed by atoms with E-state index < -0.39 is 22.6 Å². The van der Waals surface area contributed by atoms with E-state index in [4.69, 9.17) is 0 Å². The van der Waals surface area contributed by atoms with Crippen molar-refractivity contribution in [3.05, 3.63) is 59.7 Å². The van der Waals surface area contributed by atoms with Gasteiger partial charge in [-0.05, 0) is 60.4 Å². The Morgan fingerprint density at radius 2 is 1.83 bits per heavy atom. The van der Waals surface area contributed by atoms with Crippen molar-refractivity contribution in [1.82, 2.24) is 9.62 Å². The molecular formula is C23H26F2N2O2S. The van der Waals surface area contributed by atoms with Gasteiger partial charge < -0.3 is 4.90 Å². The summed E-state index contributed by atoms with van der Waals surface area (Å²) in [7, 11) is -1.05. The van der Waals surface area contributed by atoms with Crippen molar-refractivity contribution in [1.29, 1.82) is 0 Å². The van der Waals surface area contributed by atoms with Crippen LogP contribution in [0.4, 0.5) is 8.78 Å². The van der Waals surface area contributed by atoms with Gasteiger partial charge in [0.2, 0.25) is 5.91 Å². The van der Waals surface area contributed by atoms with E-state index in [9.17, 15) is 17.8 Å². The van der Waals surface area contributed by atoms with Gasteiger partial charge in [-0.15, -0.1) is 0 Å². The fourth-order valence-corrected chi connectivity index (χ4v) is 5.21. The third-order valence-electron chi connectivity index (χ3n) is 6.01. The summed E-state index contributed by atoms with van der Waals surface area (Å²) in [4.78, 5) is 15.0. The van der Waals surface area contributed by atoms with Gasteiger partial charge in [0.05, 0.1) is 11.0 Å². The molecule has 160 valence electrons. The molecule has 1 heterocycles. The smallest absolute Gasteiger partial charge is 0.226 e. The highest BCUT2D eigenvalue weighted by atomic mass is 32.2. The molecule has 4 nitrogen and oxygen atoms in total. The number of nitrogens with zero attached hydrogens (tertiary/aromatic N) is 1. The molecule has 4 atom stereocenters. The molecule has 1 aliphatic heterocycles. The average molecular weight is 433 g/mol. The Bertz CT molecular complexity index is 948. The summed E-state index contributed by atoms with van der Waals surface area (Å²) >= 11 is 0. The van der Waals surface area contributed by atoms with Crippen molar-refractivity contribution in [3.63, 3.8) is 0 Å². The SMILES string of the molecule is CS(=O)NC1CCCN(C(=O)C2CC2c2ccccc2-c2cc(F)cc(F)c2)CC1. The van der Waals surface area contributed by atoms with E-state index in [1.807, 2.05) is 29.2 Å². The average Bonchev–Trinajstić information content (AvgIpc) is 3.51. The van der Waals surface area contributed by atoms with Crippen molar-refractivity contribution in [2.45, 2.75) is 37.6 Å². The third-order valence-corrected chi connectivity index (χ3v) is 6.68. The molecule has 2 aromatic carbocycles. The molecule has 0 aromatic heterocycles. The first-order valence-electron chi connectivity index (χ1n) is 10.4. The van der Waals surface area contributed by atoms with Crippen LogP contribution in [0.3, 0.4) is 0 Å². The van der Waals surface area contributed by atoms with Crippen LogP contribution in [-0.4, -0.2) is 40.4 Å². The Hall–Kier alpha value is -2.12. The Labute approximate surface area is 178 Å². The zero-order chi connectivity index (χ0) is 21.3. The van der Waals surface area contributed by atoms with Crippen LogP contribution in [0.25, 0.3) is 11.1 Å². The van der Waals surface area contributed by atoms with Crippen LogP contribution in [0.15, 0.2) is 42.5 Å². The summed E-state index contributed by atoms with van der Waals surface area (Å²) < 4.78 is 42.0. The van der Waals surface area contributed by atoms with Crippen molar-refractivity contribution in [2.24, 2.45) is 5.92 Å². The first kappa shape index (κ1) is 21.1. The van der Waals surface area contributed by atoms with E-state index in [0.717, 1.165) is 42.9 Å². The van der Waals surface area contributed by atoms with Crippen LogP contribution < -0.4 is 4.72 Å². The minimum absolute atomic E-state index is 0.0698. The number of carbonyl (C=O) groups excluding carboxylic acids is 1. The number of likely N-dealkylation sites (tertiary alicyclic amines) is 1. The number of amides is 1. The molecule has 1 aliphatic carbocycles. The van der Waals surface area contributed by atoms with Crippen molar-refractivity contribution in [3.8, 4) is 11.1 Å². The molecule has 2 aromatic rings. The first-order chi connectivity index (χ1) is 14.4. The fraction of sp³-hybridized carbons (Fsp3) is 0.435. The van der Waals surface area contributed by atoms with Crippen LogP contribution in [0.5, 0.6) is 0 Å². The van der Waals surface area contributed by atoms with Crippen LogP contribution in [0, 0.1) is 17.6 Å². The lowest BCUT2D eigenvalue weighted by atomic mass is 9.95. The monoisotopic (exact) mass is 432 g/mol. The number of halogens is 2. The Balaban J connectivity index is 1.47. The lowest BCUT2D eigenvalue weighted by Crippen LogP contribution is -2.35. The molecule has 7 heteroatoms. The molecule has 4 unspecified atom stereocenters. The van der Waals surface area contributed by atoms with Crippen LogP contribution in [0.1, 0.15) is 37.2 Å². The molecule has 0 bridgehead atoms. The minimum atomic E-state index is -1.05. The van der Waals surface area contributed by atoms with Crippen molar-refractivity contribution < 1.29 is 17.8 Å². The topological polar surface area (TPSA) is 49.4 Å². The third kappa shape index (κ3) is 4.78. The molecule has 0 spiro atoms. The molecule has 4 rings (SSSR count). The van der Waals surface area contributed by atoms with Crippen molar-refractivity contribution >= 4 is 16.9 Å². The van der Waals surface area contributed by atoms with Gasteiger partial charge in [0.1, 0.15) is 11.6 Å². The van der Waals surface area contributed by atoms with Gasteiger partial charge in [-0.3, -0.25) is 4.79 Å².